The topological polar surface area (TPSA) is 12.0 Å². The van der Waals surface area contributed by atoms with E-state index < -0.39 is 0 Å². The van der Waals surface area contributed by atoms with E-state index in [2.05, 4.69) is 74.6 Å². The van der Waals surface area contributed by atoms with Crippen LogP contribution >= 0.6 is 0 Å². The summed E-state index contributed by atoms with van der Waals surface area (Å²) in [5.74, 6) is 0.851. The SMILES string of the molecule is CCCCCCCCC(CCCCCCC)C(C)(C)C(C)(C)CC(C)(C)CNC(C)C. The third-order valence-electron chi connectivity index (χ3n) is 8.24. The average Bonchev–Trinajstić information content (AvgIpc) is 2.66. The van der Waals surface area contributed by atoms with E-state index in [0.29, 0.717) is 22.3 Å². The minimum absolute atomic E-state index is 0.330. The van der Waals surface area contributed by atoms with Crippen LogP contribution in [0.3, 0.4) is 0 Å². The molecule has 31 heavy (non-hydrogen) atoms. The summed E-state index contributed by atoms with van der Waals surface area (Å²) in [7, 11) is 0. The van der Waals surface area contributed by atoms with Crippen LogP contribution in [0.5, 0.6) is 0 Å². The Kier molecular flexibility index (Phi) is 15.7. The van der Waals surface area contributed by atoms with Crippen LogP contribution in [0, 0.1) is 22.2 Å². The first-order valence-corrected chi connectivity index (χ1v) is 14.1. The second-order valence-electron chi connectivity index (χ2n) is 12.9. The largest absolute Gasteiger partial charge is 0.314 e. The molecule has 0 spiro atoms. The van der Waals surface area contributed by atoms with Gasteiger partial charge >= 0.3 is 0 Å². The smallest absolute Gasteiger partial charge is 0.00106 e. The van der Waals surface area contributed by atoms with E-state index in [9.17, 15) is 0 Å². The Hall–Kier alpha value is -0.0400. The lowest BCUT2D eigenvalue weighted by atomic mass is 9.55. The summed E-state index contributed by atoms with van der Waals surface area (Å²) in [5, 5.41) is 3.70. The van der Waals surface area contributed by atoms with Crippen molar-refractivity contribution in [3.05, 3.63) is 0 Å². The van der Waals surface area contributed by atoms with Crippen LogP contribution in [0.4, 0.5) is 0 Å². The number of hydrogen-bond donors (Lipinski definition) is 1. The minimum Gasteiger partial charge on any atom is -0.314 e. The maximum Gasteiger partial charge on any atom is 0.00106 e. The Balaban J connectivity index is 5.08. The van der Waals surface area contributed by atoms with Gasteiger partial charge in [0.1, 0.15) is 0 Å². The molecular formula is C30H63N. The lowest BCUT2D eigenvalue weighted by Gasteiger charge is -2.51. The summed E-state index contributed by atoms with van der Waals surface area (Å²) >= 11 is 0. The van der Waals surface area contributed by atoms with Gasteiger partial charge in [-0.3, -0.25) is 0 Å². The van der Waals surface area contributed by atoms with Crippen molar-refractivity contribution in [1.82, 2.24) is 5.32 Å². The molecule has 0 bridgehead atoms. The van der Waals surface area contributed by atoms with Gasteiger partial charge in [-0.25, -0.2) is 0 Å². The maximum absolute atomic E-state index is 3.70. The van der Waals surface area contributed by atoms with Crippen LogP contribution in [0.25, 0.3) is 0 Å². The molecule has 0 aliphatic heterocycles. The van der Waals surface area contributed by atoms with E-state index in [1.807, 2.05) is 0 Å². The third-order valence-corrected chi connectivity index (χ3v) is 8.24. The molecule has 0 aliphatic rings. The molecule has 0 rings (SSSR count). The minimum atomic E-state index is 0.330. The average molecular weight is 438 g/mol. The van der Waals surface area contributed by atoms with Gasteiger partial charge in [0, 0.05) is 12.6 Å². The quantitative estimate of drug-likeness (QED) is 0.187. The lowest BCUT2D eigenvalue weighted by molar-refractivity contribution is -0.00749. The molecule has 1 atom stereocenters. The van der Waals surface area contributed by atoms with Gasteiger partial charge in [0.05, 0.1) is 0 Å². The first-order chi connectivity index (χ1) is 14.4. The molecule has 0 aromatic rings. The van der Waals surface area contributed by atoms with Crippen molar-refractivity contribution in [2.24, 2.45) is 22.2 Å². The van der Waals surface area contributed by atoms with Crippen molar-refractivity contribution < 1.29 is 0 Å². The van der Waals surface area contributed by atoms with Crippen LogP contribution in [0.15, 0.2) is 0 Å². The second-order valence-corrected chi connectivity index (χ2v) is 12.9. The summed E-state index contributed by atoms with van der Waals surface area (Å²) in [6.07, 6.45) is 19.7. The lowest BCUT2D eigenvalue weighted by Crippen LogP contribution is -2.44. The maximum atomic E-state index is 3.70. The van der Waals surface area contributed by atoms with Crippen molar-refractivity contribution in [3.8, 4) is 0 Å². The highest BCUT2D eigenvalue weighted by molar-refractivity contribution is 4.94. The molecule has 0 saturated carbocycles. The van der Waals surface area contributed by atoms with E-state index in [1.54, 1.807) is 0 Å². The van der Waals surface area contributed by atoms with E-state index in [1.165, 1.54) is 89.9 Å². The second kappa shape index (κ2) is 15.7. The highest BCUT2D eigenvalue weighted by Gasteiger charge is 2.44. The highest BCUT2D eigenvalue weighted by atomic mass is 14.9. The van der Waals surface area contributed by atoms with Gasteiger partial charge in [0.25, 0.3) is 0 Å². The van der Waals surface area contributed by atoms with Gasteiger partial charge < -0.3 is 5.32 Å². The van der Waals surface area contributed by atoms with E-state index in [0.717, 1.165) is 12.5 Å². The van der Waals surface area contributed by atoms with Gasteiger partial charge in [-0.05, 0) is 41.4 Å². The summed E-state index contributed by atoms with van der Waals surface area (Å²) in [5.41, 5.74) is 1.04. The molecule has 0 amide bonds. The number of nitrogens with one attached hydrogen (secondary N) is 1. The molecule has 1 heteroatoms. The van der Waals surface area contributed by atoms with Crippen LogP contribution in [-0.4, -0.2) is 12.6 Å². The summed E-state index contributed by atoms with van der Waals surface area (Å²) in [6, 6.07) is 0.568. The Morgan fingerprint density at radius 3 is 1.45 bits per heavy atom. The number of rotatable bonds is 20. The van der Waals surface area contributed by atoms with Crippen LogP contribution in [0.2, 0.25) is 0 Å². The molecule has 0 aromatic carbocycles. The molecule has 0 aliphatic carbocycles. The molecule has 1 nitrogen and oxygen atoms in total. The van der Waals surface area contributed by atoms with Gasteiger partial charge in [0.15, 0.2) is 0 Å². The molecule has 0 aromatic heterocycles. The molecule has 0 fully saturated rings. The van der Waals surface area contributed by atoms with Crippen molar-refractivity contribution in [3.63, 3.8) is 0 Å². The Morgan fingerprint density at radius 1 is 0.613 bits per heavy atom. The standard InChI is InChI=1S/C30H63N/c1-11-13-15-17-19-21-23-27(22-20-18-16-14-12-2)30(9,10)29(7,8)24-28(5,6)25-31-26(3)4/h26-27,31H,11-25H2,1-10H3. The van der Waals surface area contributed by atoms with Crippen LogP contribution < -0.4 is 5.32 Å². The van der Waals surface area contributed by atoms with Gasteiger partial charge in [0.2, 0.25) is 0 Å². The normalized spacial score (nSPS) is 14.4. The Labute approximate surface area is 199 Å². The molecular weight excluding hydrogens is 374 g/mol. The predicted octanol–water partition coefficient (Wildman–Crippen LogP) is 10.2. The molecule has 1 unspecified atom stereocenters. The monoisotopic (exact) mass is 437 g/mol. The molecule has 0 heterocycles. The summed E-state index contributed by atoms with van der Waals surface area (Å²) in [6.45, 7) is 25.6. The predicted molar refractivity (Wildman–Crippen MR) is 144 cm³/mol. The van der Waals surface area contributed by atoms with Gasteiger partial charge in [-0.1, -0.05) is 140 Å². The third kappa shape index (κ3) is 13.3. The van der Waals surface area contributed by atoms with E-state index in [4.69, 9.17) is 0 Å². The molecule has 1 N–H and O–H groups in total. The highest BCUT2D eigenvalue weighted by Crippen LogP contribution is 2.53. The first kappa shape index (κ1) is 31.0. The Morgan fingerprint density at radius 2 is 1.03 bits per heavy atom. The van der Waals surface area contributed by atoms with Crippen molar-refractivity contribution in [1.29, 1.82) is 0 Å². The first-order valence-electron chi connectivity index (χ1n) is 14.1. The van der Waals surface area contributed by atoms with E-state index >= 15 is 0 Å². The summed E-state index contributed by atoms with van der Waals surface area (Å²) < 4.78 is 0. The fourth-order valence-corrected chi connectivity index (χ4v) is 5.55. The van der Waals surface area contributed by atoms with Crippen molar-refractivity contribution in [2.75, 3.05) is 6.54 Å². The molecule has 188 valence electrons. The van der Waals surface area contributed by atoms with E-state index in [-0.39, 0.29) is 0 Å². The zero-order chi connectivity index (χ0) is 24.0. The zero-order valence-electron chi connectivity index (χ0n) is 23.8. The summed E-state index contributed by atoms with van der Waals surface area (Å²) in [4.78, 5) is 0. The fourth-order valence-electron chi connectivity index (χ4n) is 5.55. The molecule has 0 saturated heterocycles. The fraction of sp³-hybridized carbons (Fsp3) is 1.00. The number of unbranched alkanes of at least 4 members (excludes halogenated alkanes) is 9. The van der Waals surface area contributed by atoms with Crippen molar-refractivity contribution >= 4 is 0 Å². The van der Waals surface area contributed by atoms with Crippen LogP contribution in [-0.2, 0) is 0 Å². The van der Waals surface area contributed by atoms with Gasteiger partial charge in [-0.15, -0.1) is 0 Å². The Bertz CT molecular complexity index is 418. The van der Waals surface area contributed by atoms with Crippen LogP contribution in [0.1, 0.15) is 159 Å². The van der Waals surface area contributed by atoms with Crippen molar-refractivity contribution in [2.45, 2.75) is 165 Å². The number of hydrogen-bond acceptors (Lipinski definition) is 1. The van der Waals surface area contributed by atoms with Gasteiger partial charge in [-0.2, -0.15) is 0 Å². The molecule has 0 radical (unpaired) electrons. The zero-order valence-corrected chi connectivity index (χ0v) is 23.8.